The number of halogens is 1. The van der Waals surface area contributed by atoms with Crippen LogP contribution in [0.15, 0.2) is 58.3 Å². The van der Waals surface area contributed by atoms with Gasteiger partial charge in [-0.05, 0) is 30.7 Å². The summed E-state index contributed by atoms with van der Waals surface area (Å²) in [5.74, 6) is 0.246. The molecule has 0 spiro atoms. The zero-order valence-corrected chi connectivity index (χ0v) is 16.4. The molecule has 4 nitrogen and oxygen atoms in total. The third-order valence-electron chi connectivity index (χ3n) is 3.60. The van der Waals surface area contributed by atoms with Crippen LogP contribution in [0.4, 0.5) is 0 Å². The van der Waals surface area contributed by atoms with Crippen molar-refractivity contribution >= 4 is 17.8 Å². The summed E-state index contributed by atoms with van der Waals surface area (Å²) in [5.41, 5.74) is 1.66. The zero-order chi connectivity index (χ0) is 19.2. The standard InChI is InChI=1S/C12H19ClN2O2.C8H10/c1-5-7-10(4)11(15(16)17)12(13)14-8-9(3)6-2;1-2-8-6-4-3-5-7-8/h8-9H,4-7H2,1-3H3;3-7H,2H2,1H3/b12-11+,14-8-;. The van der Waals surface area contributed by atoms with Gasteiger partial charge in [0.2, 0.25) is 5.16 Å². The number of aryl methyl sites for hydroxylation is 1. The van der Waals surface area contributed by atoms with Gasteiger partial charge in [-0.25, -0.2) is 4.99 Å². The fourth-order valence-corrected chi connectivity index (χ4v) is 2.10. The third kappa shape index (κ3) is 9.82. The van der Waals surface area contributed by atoms with Crippen LogP contribution in [-0.2, 0) is 6.42 Å². The van der Waals surface area contributed by atoms with Gasteiger partial charge in [-0.2, -0.15) is 0 Å². The van der Waals surface area contributed by atoms with E-state index in [-0.39, 0.29) is 16.8 Å². The summed E-state index contributed by atoms with van der Waals surface area (Å²) in [5, 5.41) is 10.8. The van der Waals surface area contributed by atoms with E-state index < -0.39 is 4.92 Å². The average molecular weight is 365 g/mol. The average Bonchev–Trinajstić information content (AvgIpc) is 2.60. The largest absolute Gasteiger partial charge is 0.308 e. The van der Waals surface area contributed by atoms with Crippen molar-refractivity contribution in [1.82, 2.24) is 0 Å². The van der Waals surface area contributed by atoms with Gasteiger partial charge in [0.05, 0.1) is 4.92 Å². The van der Waals surface area contributed by atoms with E-state index in [1.807, 2.05) is 26.8 Å². The lowest BCUT2D eigenvalue weighted by atomic mass is 10.1. The lowest BCUT2D eigenvalue weighted by molar-refractivity contribution is -0.421. The smallest absolute Gasteiger partial charge is 0.258 e. The van der Waals surface area contributed by atoms with Gasteiger partial charge in [-0.3, -0.25) is 10.1 Å². The SMILES string of the molecule is C=C(CCC)/C(=C(Cl)\N=C/C(C)CC)[N+](=O)[O-].CCc1ccccc1. The Hall–Kier alpha value is -1.94. The van der Waals surface area contributed by atoms with Gasteiger partial charge in [0.15, 0.2) is 0 Å². The number of benzene rings is 1. The first-order valence-corrected chi connectivity index (χ1v) is 9.05. The van der Waals surface area contributed by atoms with Crippen molar-refractivity contribution in [3.05, 3.63) is 69.0 Å². The van der Waals surface area contributed by atoms with Crippen LogP contribution in [0.3, 0.4) is 0 Å². The fraction of sp³-hybridized carbons (Fsp3) is 0.450. The number of hydrogen-bond acceptors (Lipinski definition) is 3. The Balaban J connectivity index is 0.000000593. The van der Waals surface area contributed by atoms with Crippen molar-refractivity contribution in [3.63, 3.8) is 0 Å². The second-order valence-corrected chi connectivity index (χ2v) is 6.11. The molecule has 0 amide bonds. The van der Waals surface area contributed by atoms with Crippen molar-refractivity contribution < 1.29 is 4.92 Å². The van der Waals surface area contributed by atoms with Crippen LogP contribution in [0.1, 0.15) is 52.5 Å². The molecular weight excluding hydrogens is 336 g/mol. The predicted molar refractivity (Wildman–Crippen MR) is 108 cm³/mol. The van der Waals surface area contributed by atoms with Gasteiger partial charge < -0.3 is 0 Å². The van der Waals surface area contributed by atoms with E-state index in [0.717, 1.165) is 19.3 Å². The van der Waals surface area contributed by atoms with E-state index in [4.69, 9.17) is 11.6 Å². The molecule has 0 aromatic heterocycles. The minimum atomic E-state index is -0.520. The van der Waals surface area contributed by atoms with Crippen molar-refractivity contribution in [1.29, 1.82) is 0 Å². The first kappa shape index (κ1) is 23.1. The second kappa shape index (κ2) is 13.4. The molecule has 0 saturated heterocycles. The molecule has 0 fully saturated rings. The maximum absolute atomic E-state index is 10.9. The van der Waals surface area contributed by atoms with Crippen molar-refractivity contribution in [2.24, 2.45) is 10.9 Å². The molecule has 1 rings (SSSR count). The van der Waals surface area contributed by atoms with Gasteiger partial charge in [0.25, 0.3) is 0 Å². The number of nitrogens with zero attached hydrogens (tertiary/aromatic N) is 2. The first-order chi connectivity index (χ1) is 11.9. The summed E-state index contributed by atoms with van der Waals surface area (Å²) in [6.07, 6.45) is 5.02. The Morgan fingerprint density at radius 2 is 1.92 bits per heavy atom. The molecule has 1 aromatic rings. The van der Waals surface area contributed by atoms with Crippen molar-refractivity contribution in [2.45, 2.75) is 53.4 Å². The van der Waals surface area contributed by atoms with Crippen LogP contribution in [0, 0.1) is 16.0 Å². The lowest BCUT2D eigenvalue weighted by Gasteiger charge is -2.03. The van der Waals surface area contributed by atoms with Crippen LogP contribution >= 0.6 is 11.6 Å². The summed E-state index contributed by atoms with van der Waals surface area (Å²) in [4.78, 5) is 14.3. The molecule has 138 valence electrons. The van der Waals surface area contributed by atoms with Crippen LogP contribution in [0.25, 0.3) is 0 Å². The van der Waals surface area contributed by atoms with Gasteiger partial charge in [0.1, 0.15) is 0 Å². The highest BCUT2D eigenvalue weighted by molar-refractivity contribution is 6.30. The summed E-state index contributed by atoms with van der Waals surface area (Å²) >= 11 is 5.85. The molecular formula is C20H29ClN2O2. The van der Waals surface area contributed by atoms with E-state index in [1.165, 1.54) is 5.56 Å². The topological polar surface area (TPSA) is 55.5 Å². The second-order valence-electron chi connectivity index (χ2n) is 5.75. The molecule has 1 aromatic carbocycles. The molecule has 1 atom stereocenters. The van der Waals surface area contributed by atoms with Gasteiger partial charge >= 0.3 is 5.70 Å². The summed E-state index contributed by atoms with van der Waals surface area (Å²) in [7, 11) is 0. The molecule has 0 aliphatic heterocycles. The number of hydrogen-bond donors (Lipinski definition) is 0. The molecule has 0 saturated carbocycles. The molecule has 0 heterocycles. The van der Waals surface area contributed by atoms with Crippen LogP contribution < -0.4 is 0 Å². The molecule has 25 heavy (non-hydrogen) atoms. The molecule has 0 N–H and O–H groups in total. The minimum absolute atomic E-state index is 0.0891. The quantitative estimate of drug-likeness (QED) is 0.176. The molecule has 0 bridgehead atoms. The van der Waals surface area contributed by atoms with Crippen LogP contribution in [0.5, 0.6) is 0 Å². The molecule has 0 aliphatic rings. The van der Waals surface area contributed by atoms with Crippen LogP contribution in [0.2, 0.25) is 0 Å². The van der Waals surface area contributed by atoms with Gasteiger partial charge in [0, 0.05) is 11.8 Å². The third-order valence-corrected chi connectivity index (χ3v) is 3.88. The summed E-state index contributed by atoms with van der Waals surface area (Å²) < 4.78 is 0. The molecule has 0 aliphatic carbocycles. The van der Waals surface area contributed by atoms with Crippen molar-refractivity contribution in [2.75, 3.05) is 0 Å². The molecule has 0 radical (unpaired) electrons. The number of aliphatic imine (C=N–C) groups is 1. The minimum Gasteiger partial charge on any atom is -0.258 e. The Kier molecular flexibility index (Phi) is 12.3. The number of allylic oxidation sites excluding steroid dienone is 1. The van der Waals surface area contributed by atoms with Gasteiger partial charge in [-0.1, -0.05) is 82.6 Å². The Labute approximate surface area is 156 Å². The predicted octanol–water partition coefficient (Wildman–Crippen LogP) is 6.39. The Morgan fingerprint density at radius 3 is 2.32 bits per heavy atom. The van der Waals surface area contributed by atoms with Gasteiger partial charge in [-0.15, -0.1) is 0 Å². The Morgan fingerprint density at radius 1 is 1.32 bits per heavy atom. The van der Waals surface area contributed by atoms with Crippen LogP contribution in [-0.4, -0.2) is 11.1 Å². The molecule has 1 unspecified atom stereocenters. The highest BCUT2D eigenvalue weighted by atomic mass is 35.5. The number of rotatable bonds is 8. The van der Waals surface area contributed by atoms with E-state index in [2.05, 4.69) is 42.8 Å². The maximum atomic E-state index is 10.9. The summed E-state index contributed by atoms with van der Waals surface area (Å²) in [6.45, 7) is 11.8. The monoisotopic (exact) mass is 364 g/mol. The highest BCUT2D eigenvalue weighted by Crippen LogP contribution is 2.22. The molecule has 5 heteroatoms. The highest BCUT2D eigenvalue weighted by Gasteiger charge is 2.20. The zero-order valence-electron chi connectivity index (χ0n) is 15.7. The van der Waals surface area contributed by atoms with E-state index in [1.54, 1.807) is 6.21 Å². The lowest BCUT2D eigenvalue weighted by Crippen LogP contribution is -2.04. The van der Waals surface area contributed by atoms with E-state index >= 15 is 0 Å². The maximum Gasteiger partial charge on any atom is 0.308 e. The normalized spacial score (nSPS) is 12.8. The first-order valence-electron chi connectivity index (χ1n) is 8.67. The van der Waals surface area contributed by atoms with E-state index in [0.29, 0.717) is 12.0 Å². The Bertz CT molecular complexity index is 595. The fourth-order valence-electron chi connectivity index (χ4n) is 1.84. The van der Waals surface area contributed by atoms with E-state index in [9.17, 15) is 10.1 Å². The summed E-state index contributed by atoms with van der Waals surface area (Å²) in [6, 6.07) is 10.5. The van der Waals surface area contributed by atoms with Crippen molar-refractivity contribution in [3.8, 4) is 0 Å². The number of nitro groups is 1.